The summed E-state index contributed by atoms with van der Waals surface area (Å²) in [5.41, 5.74) is 5.61. The molecule has 0 amide bonds. The van der Waals surface area contributed by atoms with E-state index in [1.165, 1.54) is 19.2 Å². The van der Waals surface area contributed by atoms with Crippen molar-refractivity contribution >= 4 is 11.6 Å². The van der Waals surface area contributed by atoms with Crippen molar-refractivity contribution in [2.45, 2.75) is 6.04 Å². The second-order valence-electron chi connectivity index (χ2n) is 2.77. The van der Waals surface area contributed by atoms with Crippen molar-refractivity contribution in [3.8, 4) is 5.75 Å². The third-order valence-corrected chi connectivity index (χ3v) is 2.16. The summed E-state index contributed by atoms with van der Waals surface area (Å²) in [6.45, 7) is -0.367. The molecule has 1 aromatic carbocycles. The third-order valence-electron chi connectivity index (χ3n) is 1.87. The highest BCUT2D eigenvalue weighted by molar-refractivity contribution is 6.32. The molecule has 0 aromatic heterocycles. The molecule has 0 saturated carbocycles. The standard InChI is InChI=1S/C9H11ClFNO2/c1-14-9-5(10)2-3-6(11)8(9)7(12)4-13/h2-3,7,13H,4,12H2,1H3. The van der Waals surface area contributed by atoms with Crippen molar-refractivity contribution in [2.75, 3.05) is 13.7 Å². The topological polar surface area (TPSA) is 55.5 Å². The average Bonchev–Trinajstić information content (AvgIpc) is 2.19. The smallest absolute Gasteiger partial charge is 0.145 e. The molecule has 3 N–H and O–H groups in total. The van der Waals surface area contributed by atoms with Gasteiger partial charge in [-0.15, -0.1) is 0 Å². The molecule has 5 heteroatoms. The molecule has 14 heavy (non-hydrogen) atoms. The molecule has 3 nitrogen and oxygen atoms in total. The van der Waals surface area contributed by atoms with Crippen LogP contribution in [0.15, 0.2) is 12.1 Å². The van der Waals surface area contributed by atoms with Gasteiger partial charge in [0.1, 0.15) is 11.6 Å². The highest BCUT2D eigenvalue weighted by atomic mass is 35.5. The molecule has 0 aliphatic carbocycles. The van der Waals surface area contributed by atoms with Crippen molar-refractivity contribution < 1.29 is 14.2 Å². The van der Waals surface area contributed by atoms with E-state index in [0.29, 0.717) is 0 Å². The van der Waals surface area contributed by atoms with Gasteiger partial charge < -0.3 is 15.6 Å². The van der Waals surface area contributed by atoms with Crippen LogP contribution in [0, 0.1) is 5.82 Å². The van der Waals surface area contributed by atoms with E-state index in [-0.39, 0.29) is 22.9 Å². The fourth-order valence-electron chi connectivity index (χ4n) is 1.19. The molecular weight excluding hydrogens is 209 g/mol. The second kappa shape index (κ2) is 4.59. The Morgan fingerprint density at radius 2 is 2.29 bits per heavy atom. The number of aliphatic hydroxyl groups is 1. The summed E-state index contributed by atoms with van der Waals surface area (Å²) in [4.78, 5) is 0. The fraction of sp³-hybridized carbons (Fsp3) is 0.333. The van der Waals surface area contributed by atoms with Crippen LogP contribution in [-0.2, 0) is 0 Å². The number of ether oxygens (including phenoxy) is 1. The first-order chi connectivity index (χ1) is 6.61. The first-order valence-electron chi connectivity index (χ1n) is 4.00. The zero-order chi connectivity index (χ0) is 10.7. The summed E-state index contributed by atoms with van der Waals surface area (Å²) < 4.78 is 18.2. The van der Waals surface area contributed by atoms with Crippen LogP contribution in [0.3, 0.4) is 0 Å². The summed E-state index contributed by atoms with van der Waals surface area (Å²) in [5.74, 6) is -0.360. The predicted molar refractivity (Wildman–Crippen MR) is 52.0 cm³/mol. The fourth-order valence-corrected chi connectivity index (χ4v) is 1.44. The molecule has 0 aliphatic heterocycles. The average molecular weight is 220 g/mol. The Kier molecular flexibility index (Phi) is 3.69. The lowest BCUT2D eigenvalue weighted by atomic mass is 10.1. The maximum Gasteiger partial charge on any atom is 0.145 e. The molecule has 0 saturated heterocycles. The molecule has 0 spiro atoms. The zero-order valence-electron chi connectivity index (χ0n) is 7.63. The SMILES string of the molecule is COc1c(Cl)ccc(F)c1C(N)CO. The van der Waals surface area contributed by atoms with Crippen LogP contribution in [0.2, 0.25) is 5.02 Å². The molecule has 1 unspecified atom stereocenters. The van der Waals surface area contributed by atoms with Gasteiger partial charge in [0.25, 0.3) is 0 Å². The number of methoxy groups -OCH3 is 1. The zero-order valence-corrected chi connectivity index (χ0v) is 8.38. The number of nitrogens with two attached hydrogens (primary N) is 1. The molecule has 0 fully saturated rings. The van der Waals surface area contributed by atoms with Gasteiger partial charge in [0.15, 0.2) is 0 Å². The van der Waals surface area contributed by atoms with Gasteiger partial charge in [-0.2, -0.15) is 0 Å². The van der Waals surface area contributed by atoms with E-state index in [1.54, 1.807) is 0 Å². The van der Waals surface area contributed by atoms with Gasteiger partial charge in [-0.05, 0) is 12.1 Å². The maximum absolute atomic E-state index is 13.3. The van der Waals surface area contributed by atoms with Crippen molar-refractivity contribution in [2.24, 2.45) is 5.73 Å². The molecule has 0 radical (unpaired) electrons. The van der Waals surface area contributed by atoms with E-state index in [2.05, 4.69) is 0 Å². The number of aliphatic hydroxyl groups excluding tert-OH is 1. The Labute approximate surface area is 86.2 Å². The van der Waals surface area contributed by atoms with Gasteiger partial charge in [-0.25, -0.2) is 4.39 Å². The third kappa shape index (κ3) is 1.97. The van der Waals surface area contributed by atoms with Gasteiger partial charge >= 0.3 is 0 Å². The van der Waals surface area contributed by atoms with Gasteiger partial charge in [0, 0.05) is 0 Å². The molecule has 1 rings (SSSR count). The molecular formula is C9H11ClFNO2. The number of halogens is 2. The van der Waals surface area contributed by atoms with Crippen molar-refractivity contribution in [1.29, 1.82) is 0 Å². The van der Waals surface area contributed by atoms with Crippen molar-refractivity contribution in [3.05, 3.63) is 28.5 Å². The van der Waals surface area contributed by atoms with E-state index in [9.17, 15) is 4.39 Å². The highest BCUT2D eigenvalue weighted by Gasteiger charge is 2.18. The lowest BCUT2D eigenvalue weighted by Gasteiger charge is -2.15. The number of rotatable bonds is 3. The van der Waals surface area contributed by atoms with Gasteiger partial charge in [-0.1, -0.05) is 11.6 Å². The van der Waals surface area contributed by atoms with Crippen LogP contribution in [0.4, 0.5) is 4.39 Å². The van der Waals surface area contributed by atoms with E-state index in [0.717, 1.165) is 0 Å². The number of benzene rings is 1. The molecule has 78 valence electrons. The largest absolute Gasteiger partial charge is 0.495 e. The first-order valence-corrected chi connectivity index (χ1v) is 4.38. The Hall–Kier alpha value is -0.840. The first kappa shape index (κ1) is 11.2. The van der Waals surface area contributed by atoms with Crippen LogP contribution in [0.25, 0.3) is 0 Å². The van der Waals surface area contributed by atoms with Crippen LogP contribution < -0.4 is 10.5 Å². The second-order valence-corrected chi connectivity index (χ2v) is 3.17. The van der Waals surface area contributed by atoms with E-state index >= 15 is 0 Å². The molecule has 0 heterocycles. The highest BCUT2D eigenvalue weighted by Crippen LogP contribution is 2.33. The predicted octanol–water partition coefficient (Wildman–Crippen LogP) is 1.48. The van der Waals surface area contributed by atoms with E-state index in [1.807, 2.05) is 0 Å². The minimum absolute atomic E-state index is 0.0995. The van der Waals surface area contributed by atoms with E-state index in [4.69, 9.17) is 27.2 Å². The summed E-state index contributed by atoms with van der Waals surface area (Å²) >= 11 is 5.77. The Balaban J connectivity index is 3.29. The summed E-state index contributed by atoms with van der Waals surface area (Å²) in [6.07, 6.45) is 0. The molecule has 0 bridgehead atoms. The number of hydrogen-bond acceptors (Lipinski definition) is 3. The minimum atomic E-state index is -0.830. The molecule has 1 aromatic rings. The summed E-state index contributed by atoms with van der Waals surface area (Å²) in [7, 11) is 1.37. The normalized spacial score (nSPS) is 12.6. The Bertz CT molecular complexity index is 333. The molecule has 0 aliphatic rings. The quantitative estimate of drug-likeness (QED) is 0.810. The van der Waals surface area contributed by atoms with Gasteiger partial charge in [-0.3, -0.25) is 0 Å². The summed E-state index contributed by atoms with van der Waals surface area (Å²) in [5, 5.41) is 9.10. The van der Waals surface area contributed by atoms with Gasteiger partial charge in [0.05, 0.1) is 30.3 Å². The van der Waals surface area contributed by atoms with Crippen LogP contribution in [0.1, 0.15) is 11.6 Å². The van der Waals surface area contributed by atoms with E-state index < -0.39 is 11.9 Å². The van der Waals surface area contributed by atoms with Crippen LogP contribution in [0.5, 0.6) is 5.75 Å². The van der Waals surface area contributed by atoms with Crippen LogP contribution >= 0.6 is 11.6 Å². The van der Waals surface area contributed by atoms with Crippen molar-refractivity contribution in [3.63, 3.8) is 0 Å². The number of hydrogen-bond donors (Lipinski definition) is 2. The maximum atomic E-state index is 13.3. The minimum Gasteiger partial charge on any atom is -0.495 e. The summed E-state index contributed by atoms with van der Waals surface area (Å²) in [6, 6.07) is 1.74. The Morgan fingerprint density at radius 3 is 2.79 bits per heavy atom. The monoisotopic (exact) mass is 219 g/mol. The van der Waals surface area contributed by atoms with Crippen molar-refractivity contribution in [1.82, 2.24) is 0 Å². The Morgan fingerprint density at radius 1 is 1.64 bits per heavy atom. The lowest BCUT2D eigenvalue weighted by Crippen LogP contribution is -2.17. The van der Waals surface area contributed by atoms with Gasteiger partial charge in [0.2, 0.25) is 0 Å². The van der Waals surface area contributed by atoms with Crippen LogP contribution in [-0.4, -0.2) is 18.8 Å². The molecule has 1 atom stereocenters. The lowest BCUT2D eigenvalue weighted by molar-refractivity contribution is 0.261.